The van der Waals surface area contributed by atoms with Crippen molar-refractivity contribution in [3.8, 4) is 0 Å². The van der Waals surface area contributed by atoms with Crippen LogP contribution in [0.5, 0.6) is 0 Å². The van der Waals surface area contributed by atoms with E-state index >= 15 is 0 Å². The molecule has 1 heterocycles. The molecule has 0 saturated carbocycles. The van der Waals surface area contributed by atoms with E-state index in [-0.39, 0.29) is 12.1 Å². The van der Waals surface area contributed by atoms with Crippen molar-refractivity contribution in [3.05, 3.63) is 53.6 Å². The van der Waals surface area contributed by atoms with E-state index in [4.69, 9.17) is 11.6 Å². The molecule has 126 valence electrons. The van der Waals surface area contributed by atoms with E-state index < -0.39 is 0 Å². The number of rotatable bonds is 4. The Morgan fingerprint density at radius 2 is 1.79 bits per heavy atom. The minimum atomic E-state index is -0.147. The van der Waals surface area contributed by atoms with E-state index in [1.54, 1.807) is 11.8 Å². The van der Waals surface area contributed by atoms with Crippen LogP contribution in [0.3, 0.4) is 0 Å². The van der Waals surface area contributed by atoms with Gasteiger partial charge in [0.1, 0.15) is 0 Å². The van der Waals surface area contributed by atoms with Crippen LogP contribution in [0.1, 0.15) is 12.8 Å². The highest BCUT2D eigenvalue weighted by atomic mass is 35.5. The number of urea groups is 1. The maximum Gasteiger partial charge on any atom is 0.319 e. The Bertz CT molecular complexity index is 687. The first-order valence-electron chi connectivity index (χ1n) is 8.01. The molecular weight excluding hydrogens is 342 g/mol. The van der Waals surface area contributed by atoms with Crippen molar-refractivity contribution in [2.75, 3.05) is 18.4 Å². The molecule has 1 aliphatic rings. The number of piperidine rings is 1. The van der Waals surface area contributed by atoms with Crippen LogP contribution in [-0.4, -0.2) is 25.2 Å². The van der Waals surface area contributed by atoms with Gasteiger partial charge in [0, 0.05) is 20.9 Å². The Morgan fingerprint density at radius 3 is 2.54 bits per heavy atom. The van der Waals surface area contributed by atoms with Gasteiger partial charge in [-0.2, -0.15) is 0 Å². The monoisotopic (exact) mass is 361 g/mol. The number of hydrogen-bond acceptors (Lipinski definition) is 3. The molecule has 24 heavy (non-hydrogen) atoms. The summed E-state index contributed by atoms with van der Waals surface area (Å²) in [5.41, 5.74) is 0.809. The zero-order chi connectivity index (χ0) is 16.8. The topological polar surface area (TPSA) is 53.2 Å². The third-order valence-corrected chi connectivity index (χ3v) is 5.19. The molecule has 3 N–H and O–H groups in total. The fourth-order valence-corrected chi connectivity index (χ4v) is 3.63. The Balaban J connectivity index is 1.64. The molecule has 1 saturated heterocycles. The number of halogens is 1. The molecule has 4 nitrogen and oxygen atoms in total. The number of nitrogens with one attached hydrogen (secondary N) is 3. The predicted octanol–water partition coefficient (Wildman–Crippen LogP) is 4.36. The summed E-state index contributed by atoms with van der Waals surface area (Å²) in [6, 6.07) is 15.6. The Morgan fingerprint density at radius 1 is 1.08 bits per heavy atom. The molecule has 2 aromatic carbocycles. The molecule has 0 aromatic heterocycles. The number of benzene rings is 2. The molecule has 1 aliphatic heterocycles. The van der Waals surface area contributed by atoms with Gasteiger partial charge in [-0.25, -0.2) is 4.79 Å². The molecule has 2 aromatic rings. The summed E-state index contributed by atoms with van der Waals surface area (Å²) in [4.78, 5) is 14.3. The summed E-state index contributed by atoms with van der Waals surface area (Å²) >= 11 is 7.53. The largest absolute Gasteiger partial charge is 0.335 e. The predicted molar refractivity (Wildman–Crippen MR) is 100 cm³/mol. The molecule has 2 amide bonds. The number of hydrogen-bond donors (Lipinski definition) is 3. The average molecular weight is 362 g/mol. The second kappa shape index (κ2) is 8.42. The highest BCUT2D eigenvalue weighted by molar-refractivity contribution is 7.99. The maximum absolute atomic E-state index is 12.3. The van der Waals surface area contributed by atoms with Crippen LogP contribution in [0.25, 0.3) is 0 Å². The minimum Gasteiger partial charge on any atom is -0.335 e. The standard InChI is InChI=1S/C18H20ClN3OS/c19-13-5-7-15(8-6-13)24-17-4-2-1-3-16(17)22-18(23)21-14-9-11-20-12-10-14/h1-8,14,20H,9-12H2,(H2,21,22,23). The van der Waals surface area contributed by atoms with Gasteiger partial charge in [-0.1, -0.05) is 35.5 Å². The highest BCUT2D eigenvalue weighted by Gasteiger charge is 2.16. The summed E-state index contributed by atoms with van der Waals surface area (Å²) in [6.07, 6.45) is 1.93. The third kappa shape index (κ3) is 4.90. The lowest BCUT2D eigenvalue weighted by Gasteiger charge is -2.24. The van der Waals surface area contributed by atoms with Gasteiger partial charge in [-0.3, -0.25) is 0 Å². The van der Waals surface area contributed by atoms with Crippen LogP contribution in [0.2, 0.25) is 5.02 Å². The lowest BCUT2D eigenvalue weighted by atomic mass is 10.1. The van der Waals surface area contributed by atoms with Crippen molar-refractivity contribution in [2.24, 2.45) is 0 Å². The van der Waals surface area contributed by atoms with Crippen LogP contribution in [0, 0.1) is 0 Å². The van der Waals surface area contributed by atoms with Crippen molar-refractivity contribution in [1.82, 2.24) is 10.6 Å². The summed E-state index contributed by atoms with van der Waals surface area (Å²) in [7, 11) is 0. The van der Waals surface area contributed by atoms with Gasteiger partial charge < -0.3 is 16.0 Å². The van der Waals surface area contributed by atoms with Crippen molar-refractivity contribution in [1.29, 1.82) is 0 Å². The zero-order valence-corrected chi connectivity index (χ0v) is 14.8. The maximum atomic E-state index is 12.3. The van der Waals surface area contributed by atoms with Crippen molar-refractivity contribution in [3.63, 3.8) is 0 Å². The molecular formula is C18H20ClN3OS. The Kier molecular flexibility index (Phi) is 6.01. The Hall–Kier alpha value is -1.69. The average Bonchev–Trinajstić information content (AvgIpc) is 2.59. The molecule has 0 unspecified atom stereocenters. The van der Waals surface area contributed by atoms with Gasteiger partial charge in [-0.05, 0) is 62.3 Å². The van der Waals surface area contributed by atoms with Crippen molar-refractivity contribution >= 4 is 35.1 Å². The normalized spacial score (nSPS) is 15.0. The van der Waals surface area contributed by atoms with Gasteiger partial charge in [0.05, 0.1) is 5.69 Å². The molecule has 0 aliphatic carbocycles. The van der Waals surface area contributed by atoms with E-state index in [1.165, 1.54) is 0 Å². The fourth-order valence-electron chi connectivity index (χ4n) is 2.60. The first-order chi connectivity index (χ1) is 11.7. The van der Waals surface area contributed by atoms with Gasteiger partial charge in [0.2, 0.25) is 0 Å². The minimum absolute atomic E-state index is 0.147. The van der Waals surface area contributed by atoms with Gasteiger partial charge in [0.15, 0.2) is 0 Å². The lowest BCUT2D eigenvalue weighted by molar-refractivity contribution is 0.245. The van der Waals surface area contributed by atoms with E-state index in [0.717, 1.165) is 41.4 Å². The lowest BCUT2D eigenvalue weighted by Crippen LogP contribution is -2.44. The van der Waals surface area contributed by atoms with Gasteiger partial charge >= 0.3 is 6.03 Å². The quantitative estimate of drug-likeness (QED) is 0.758. The summed E-state index contributed by atoms with van der Waals surface area (Å²) in [6.45, 7) is 1.90. The van der Waals surface area contributed by atoms with E-state index in [9.17, 15) is 4.79 Å². The van der Waals surface area contributed by atoms with Crippen LogP contribution < -0.4 is 16.0 Å². The van der Waals surface area contributed by atoms with Gasteiger partial charge in [0.25, 0.3) is 0 Å². The third-order valence-electron chi connectivity index (χ3n) is 3.85. The van der Waals surface area contributed by atoms with Crippen LogP contribution in [0.4, 0.5) is 10.5 Å². The smallest absolute Gasteiger partial charge is 0.319 e. The fraction of sp³-hybridized carbons (Fsp3) is 0.278. The zero-order valence-electron chi connectivity index (χ0n) is 13.2. The Labute approximate surface area is 151 Å². The second-order valence-corrected chi connectivity index (χ2v) is 7.23. The van der Waals surface area contributed by atoms with E-state index in [0.29, 0.717) is 5.02 Å². The number of para-hydroxylation sites is 1. The number of anilines is 1. The second-order valence-electron chi connectivity index (χ2n) is 5.67. The summed E-state index contributed by atoms with van der Waals surface area (Å²) < 4.78 is 0. The summed E-state index contributed by atoms with van der Waals surface area (Å²) in [5, 5.41) is 10.0. The summed E-state index contributed by atoms with van der Waals surface area (Å²) in [5.74, 6) is 0. The van der Waals surface area contributed by atoms with E-state index in [1.807, 2.05) is 48.5 Å². The van der Waals surface area contributed by atoms with Crippen LogP contribution >= 0.6 is 23.4 Å². The first-order valence-corrected chi connectivity index (χ1v) is 9.21. The van der Waals surface area contributed by atoms with Crippen molar-refractivity contribution < 1.29 is 4.79 Å². The SMILES string of the molecule is O=C(Nc1ccccc1Sc1ccc(Cl)cc1)NC1CCNCC1. The molecule has 3 rings (SSSR count). The molecule has 0 bridgehead atoms. The highest BCUT2D eigenvalue weighted by Crippen LogP contribution is 2.33. The van der Waals surface area contributed by atoms with Crippen molar-refractivity contribution in [2.45, 2.75) is 28.7 Å². The van der Waals surface area contributed by atoms with E-state index in [2.05, 4.69) is 16.0 Å². The van der Waals surface area contributed by atoms with Gasteiger partial charge in [-0.15, -0.1) is 0 Å². The van der Waals surface area contributed by atoms with Crippen LogP contribution in [-0.2, 0) is 0 Å². The molecule has 6 heteroatoms. The molecule has 0 spiro atoms. The number of amides is 2. The number of carbonyl (C=O) groups is 1. The molecule has 0 atom stereocenters. The van der Waals surface area contributed by atoms with Crippen LogP contribution in [0.15, 0.2) is 58.3 Å². The first kappa shape index (κ1) is 17.1. The molecule has 0 radical (unpaired) electrons. The number of carbonyl (C=O) groups excluding carboxylic acids is 1. The molecule has 1 fully saturated rings.